The number of alkyl halides is 3. The summed E-state index contributed by atoms with van der Waals surface area (Å²) < 4.78 is 40.7. The lowest BCUT2D eigenvalue weighted by molar-refractivity contribution is -0.140. The average molecular weight is 535 g/mol. The van der Waals surface area contributed by atoms with Gasteiger partial charge in [-0.1, -0.05) is 50.8 Å². The lowest BCUT2D eigenvalue weighted by atomic mass is 9.98. The molecular formula is C29H29F3N6O. The predicted octanol–water partition coefficient (Wildman–Crippen LogP) is 5.77. The number of amides is 1. The van der Waals surface area contributed by atoms with E-state index in [1.807, 2.05) is 19.9 Å². The second-order valence-electron chi connectivity index (χ2n) is 10.2. The van der Waals surface area contributed by atoms with E-state index in [-0.39, 0.29) is 24.2 Å². The zero-order valence-electron chi connectivity index (χ0n) is 22.3. The van der Waals surface area contributed by atoms with Gasteiger partial charge in [0.25, 0.3) is 0 Å². The maximum atomic E-state index is 13.6. The van der Waals surface area contributed by atoms with Crippen molar-refractivity contribution in [3.05, 3.63) is 78.0 Å². The summed E-state index contributed by atoms with van der Waals surface area (Å²) in [6.45, 7) is 8.18. The van der Waals surface area contributed by atoms with Crippen molar-refractivity contribution in [2.75, 3.05) is 11.9 Å². The molecule has 1 aliphatic heterocycles. The molecule has 1 aromatic carbocycles. The molecule has 7 nitrogen and oxygen atoms in total. The number of carbonyl (C=O) groups excluding carboxylic acids is 1. The first-order valence-electron chi connectivity index (χ1n) is 12.7. The highest BCUT2D eigenvalue weighted by molar-refractivity contribution is 6.24. The summed E-state index contributed by atoms with van der Waals surface area (Å²) in [5, 5.41) is 0. The van der Waals surface area contributed by atoms with E-state index in [0.29, 0.717) is 17.2 Å². The summed E-state index contributed by atoms with van der Waals surface area (Å²) in [4.78, 5) is 33.0. The number of carbonyl (C=O) groups is 1. The van der Waals surface area contributed by atoms with Gasteiger partial charge in [0.05, 0.1) is 12.0 Å². The molecule has 0 saturated heterocycles. The number of hydrogen-bond donors (Lipinski definition) is 0. The zero-order chi connectivity index (χ0) is 28.1. The van der Waals surface area contributed by atoms with Crippen LogP contribution >= 0.6 is 0 Å². The standard InChI is InChI=1S/C29H29F3N6O/c1-6-7-20(23(33-4)17(2)3)24-34-14-21-26(36-24)38(27(39)28(21)12-13-28)15-18-8-10-19(11-9-18)25-35-22(16-37(25)5)29(30,31)32/h6-11,14,16-17H,1,12-13,15H2,2-5H3/b20-7+,33-23?. The van der Waals surface area contributed by atoms with Crippen LogP contribution in [0, 0.1) is 5.92 Å². The van der Waals surface area contributed by atoms with Crippen LogP contribution in [-0.2, 0) is 30.0 Å². The van der Waals surface area contributed by atoms with Crippen molar-refractivity contribution >= 4 is 23.0 Å². The van der Waals surface area contributed by atoms with Crippen LogP contribution in [0.5, 0.6) is 0 Å². The third kappa shape index (κ3) is 4.57. The SMILES string of the molecule is C=C/C=C(\C(=NC)C(C)C)c1ncc2c(n1)N(Cc1ccc(-c3nc(C(F)(F)F)cn3C)cc1)C(=O)C21CC1. The number of fused-ring (bicyclic) bond motifs is 2. The Morgan fingerprint density at radius 1 is 1.21 bits per heavy atom. The van der Waals surface area contributed by atoms with Gasteiger partial charge in [-0.2, -0.15) is 13.2 Å². The van der Waals surface area contributed by atoms with Gasteiger partial charge in [-0.25, -0.2) is 15.0 Å². The molecule has 1 fully saturated rings. The number of aryl methyl sites for hydroxylation is 1. The van der Waals surface area contributed by atoms with Crippen molar-refractivity contribution in [2.45, 2.75) is 44.8 Å². The van der Waals surface area contributed by atoms with Crippen molar-refractivity contribution < 1.29 is 18.0 Å². The predicted molar refractivity (Wildman–Crippen MR) is 144 cm³/mol. The largest absolute Gasteiger partial charge is 0.434 e. The van der Waals surface area contributed by atoms with Crippen LogP contribution in [0.15, 0.2) is 60.4 Å². The minimum Gasteiger partial charge on any atom is -0.333 e. The van der Waals surface area contributed by atoms with Crippen LogP contribution in [0.4, 0.5) is 19.0 Å². The molecule has 39 heavy (non-hydrogen) atoms. The molecule has 0 atom stereocenters. The zero-order valence-corrected chi connectivity index (χ0v) is 22.3. The number of aromatic nitrogens is 4. The van der Waals surface area contributed by atoms with E-state index >= 15 is 0 Å². The Morgan fingerprint density at radius 2 is 1.90 bits per heavy atom. The second-order valence-corrected chi connectivity index (χ2v) is 10.2. The number of imidazole rings is 1. The van der Waals surface area contributed by atoms with Gasteiger partial charge in [-0.15, -0.1) is 0 Å². The van der Waals surface area contributed by atoms with Gasteiger partial charge in [0, 0.05) is 48.9 Å². The Bertz CT molecular complexity index is 1510. The molecule has 3 aromatic rings. The van der Waals surface area contributed by atoms with Gasteiger partial charge < -0.3 is 4.57 Å². The van der Waals surface area contributed by atoms with Gasteiger partial charge in [-0.05, 0) is 30.4 Å². The van der Waals surface area contributed by atoms with E-state index in [0.717, 1.165) is 41.5 Å². The Labute approximate surface area is 224 Å². The molecule has 0 unspecified atom stereocenters. The van der Waals surface area contributed by atoms with Gasteiger partial charge in [0.2, 0.25) is 5.91 Å². The van der Waals surface area contributed by atoms with Crippen LogP contribution < -0.4 is 4.90 Å². The maximum absolute atomic E-state index is 13.6. The summed E-state index contributed by atoms with van der Waals surface area (Å²) in [6, 6.07) is 7.03. The molecular weight excluding hydrogens is 505 g/mol. The Kier molecular flexibility index (Phi) is 6.52. The number of nitrogens with zero attached hydrogens (tertiary/aromatic N) is 6. The second kappa shape index (κ2) is 9.59. The molecule has 2 aliphatic rings. The first-order valence-corrected chi connectivity index (χ1v) is 12.7. The summed E-state index contributed by atoms with van der Waals surface area (Å²) in [6.07, 6.45) is 3.22. The van der Waals surface area contributed by atoms with Gasteiger partial charge in [0.1, 0.15) is 11.6 Å². The number of benzene rings is 1. The summed E-state index contributed by atoms with van der Waals surface area (Å²) in [7, 11) is 3.26. The lowest BCUT2D eigenvalue weighted by Crippen LogP contribution is -2.31. The first-order chi connectivity index (χ1) is 18.5. The van der Waals surface area contributed by atoms with Crippen molar-refractivity contribution in [1.82, 2.24) is 19.5 Å². The smallest absolute Gasteiger partial charge is 0.333 e. The van der Waals surface area contributed by atoms with Crippen LogP contribution in [0.3, 0.4) is 0 Å². The molecule has 1 spiro atoms. The highest BCUT2D eigenvalue weighted by Gasteiger charge is 2.60. The number of allylic oxidation sites excluding steroid dienone is 3. The monoisotopic (exact) mass is 534 g/mol. The summed E-state index contributed by atoms with van der Waals surface area (Å²) in [5.74, 6) is 1.40. The number of rotatable bonds is 7. The van der Waals surface area contributed by atoms with Crippen LogP contribution in [0.2, 0.25) is 0 Å². The number of anilines is 1. The van der Waals surface area contributed by atoms with Crippen LogP contribution in [-0.4, -0.2) is 38.2 Å². The highest BCUT2D eigenvalue weighted by atomic mass is 19.4. The molecule has 5 rings (SSSR count). The maximum Gasteiger partial charge on any atom is 0.434 e. The van der Waals surface area contributed by atoms with Crippen LogP contribution in [0.1, 0.15) is 49.3 Å². The van der Waals surface area contributed by atoms with Crippen molar-refractivity contribution in [3.8, 4) is 11.4 Å². The summed E-state index contributed by atoms with van der Waals surface area (Å²) in [5.41, 5.74) is 2.28. The molecule has 0 N–H and O–H groups in total. The molecule has 2 aromatic heterocycles. The van der Waals surface area contributed by atoms with Crippen molar-refractivity contribution in [3.63, 3.8) is 0 Å². The molecule has 1 aliphatic carbocycles. The van der Waals surface area contributed by atoms with E-state index < -0.39 is 17.3 Å². The van der Waals surface area contributed by atoms with Crippen molar-refractivity contribution in [2.24, 2.45) is 18.0 Å². The molecule has 1 saturated carbocycles. The molecule has 0 radical (unpaired) electrons. The Hall–Kier alpha value is -4.08. The number of hydrogen-bond acceptors (Lipinski definition) is 5. The molecule has 202 valence electrons. The third-order valence-electron chi connectivity index (χ3n) is 7.25. The normalized spacial score (nSPS) is 16.8. The van der Waals surface area contributed by atoms with E-state index in [1.54, 1.807) is 48.5 Å². The highest BCUT2D eigenvalue weighted by Crippen LogP contribution is 2.57. The Morgan fingerprint density at radius 3 is 2.44 bits per heavy atom. The number of halogens is 3. The minimum absolute atomic E-state index is 0.00515. The van der Waals surface area contributed by atoms with Crippen molar-refractivity contribution in [1.29, 1.82) is 0 Å². The van der Waals surface area contributed by atoms with E-state index in [9.17, 15) is 18.0 Å². The quantitative estimate of drug-likeness (QED) is 0.285. The van der Waals surface area contributed by atoms with Gasteiger partial charge >= 0.3 is 6.18 Å². The minimum atomic E-state index is -4.52. The van der Waals surface area contributed by atoms with Gasteiger partial charge in [-0.3, -0.25) is 14.7 Å². The fourth-order valence-corrected chi connectivity index (χ4v) is 5.17. The topological polar surface area (TPSA) is 76.3 Å². The lowest BCUT2D eigenvalue weighted by Gasteiger charge is -2.19. The van der Waals surface area contributed by atoms with E-state index in [2.05, 4.69) is 21.5 Å². The van der Waals surface area contributed by atoms with Gasteiger partial charge in [0.15, 0.2) is 11.5 Å². The first kappa shape index (κ1) is 26.5. The number of aliphatic imine (C=N–C) groups is 1. The Balaban J connectivity index is 1.47. The third-order valence-corrected chi connectivity index (χ3v) is 7.25. The average Bonchev–Trinajstić information content (AvgIpc) is 3.55. The van der Waals surface area contributed by atoms with Crippen LogP contribution in [0.25, 0.3) is 17.0 Å². The summed E-state index contributed by atoms with van der Waals surface area (Å²) >= 11 is 0. The van der Waals surface area contributed by atoms with E-state index in [1.165, 1.54) is 11.6 Å². The molecule has 1 amide bonds. The molecule has 0 bridgehead atoms. The molecule has 3 heterocycles. The van der Waals surface area contributed by atoms with E-state index in [4.69, 9.17) is 4.98 Å². The fraction of sp³-hybridized carbons (Fsp3) is 0.345. The fourth-order valence-electron chi connectivity index (χ4n) is 5.17. The molecule has 10 heteroatoms.